The molecule has 2 aliphatic heterocycles. The van der Waals surface area contributed by atoms with Crippen molar-refractivity contribution in [2.24, 2.45) is 10.5 Å². The molecule has 0 saturated carbocycles. The van der Waals surface area contributed by atoms with Crippen LogP contribution in [0.2, 0.25) is 5.02 Å². The molecule has 0 bridgehead atoms. The number of fused-ring (bicyclic) bond motifs is 5. The molecule has 1 fully saturated rings. The van der Waals surface area contributed by atoms with Gasteiger partial charge in [-0.25, -0.2) is 0 Å². The average molecular weight is 562 g/mol. The van der Waals surface area contributed by atoms with Crippen LogP contribution in [0.4, 0.5) is 5.69 Å². The number of carbonyl (C=O) groups excluding carboxylic acids is 3. The normalized spacial score (nSPS) is 21.5. The number of halogens is 1. The number of rotatable bonds is 4. The molecule has 0 aromatic heterocycles. The zero-order valence-corrected chi connectivity index (χ0v) is 22.1. The van der Waals surface area contributed by atoms with Crippen LogP contribution >= 0.6 is 11.6 Å². The lowest BCUT2D eigenvalue weighted by molar-refractivity contribution is -0.384. The molecule has 7 rings (SSSR count). The Morgan fingerprint density at radius 1 is 0.854 bits per heavy atom. The van der Waals surface area contributed by atoms with Crippen molar-refractivity contribution in [1.82, 2.24) is 5.01 Å². The third kappa shape index (κ3) is 3.40. The van der Waals surface area contributed by atoms with Crippen LogP contribution in [0.3, 0.4) is 0 Å². The molecule has 3 unspecified atom stereocenters. The Labute approximate surface area is 239 Å². The molecule has 0 N–H and O–H groups in total. The number of carbonyl (C=O) groups is 3. The van der Waals surface area contributed by atoms with Gasteiger partial charge < -0.3 is 0 Å². The highest BCUT2D eigenvalue weighted by atomic mass is 35.5. The molecule has 1 spiro atoms. The highest BCUT2D eigenvalue weighted by molar-refractivity contribution is 6.32. The fourth-order valence-electron chi connectivity index (χ4n) is 6.74. The van der Waals surface area contributed by atoms with Gasteiger partial charge in [0.15, 0.2) is 17.3 Å². The number of nitrogens with zero attached hydrogens (tertiary/aromatic N) is 3. The number of benzene rings is 4. The van der Waals surface area contributed by atoms with Crippen LogP contribution in [0, 0.1) is 15.5 Å². The molecule has 9 heteroatoms. The summed E-state index contributed by atoms with van der Waals surface area (Å²) in [6.45, 7) is 0. The van der Waals surface area contributed by atoms with E-state index in [1.165, 1.54) is 24.3 Å². The second-order valence-electron chi connectivity index (χ2n) is 10.4. The number of non-ortho nitro benzene ring substituents is 1. The summed E-state index contributed by atoms with van der Waals surface area (Å²) in [4.78, 5) is 54.7. The van der Waals surface area contributed by atoms with Gasteiger partial charge in [0, 0.05) is 39.8 Å². The second-order valence-corrected chi connectivity index (χ2v) is 10.8. The Hall–Kier alpha value is -4.95. The van der Waals surface area contributed by atoms with Crippen LogP contribution in [-0.4, -0.2) is 39.5 Å². The summed E-state index contributed by atoms with van der Waals surface area (Å²) in [7, 11) is 0. The van der Waals surface area contributed by atoms with Crippen molar-refractivity contribution in [3.63, 3.8) is 0 Å². The molecule has 3 aliphatic rings. The fourth-order valence-corrected chi connectivity index (χ4v) is 6.86. The zero-order valence-electron chi connectivity index (χ0n) is 21.3. The summed E-state index contributed by atoms with van der Waals surface area (Å²) in [6, 6.07) is 24.2. The van der Waals surface area contributed by atoms with Gasteiger partial charge >= 0.3 is 0 Å². The summed E-state index contributed by atoms with van der Waals surface area (Å²) < 4.78 is 0. The van der Waals surface area contributed by atoms with Gasteiger partial charge in [-0.15, -0.1) is 0 Å². The maximum absolute atomic E-state index is 14.7. The summed E-state index contributed by atoms with van der Waals surface area (Å²) in [5, 5.41) is 18.2. The minimum atomic E-state index is -1.75. The van der Waals surface area contributed by atoms with Crippen LogP contribution in [-0.2, 0) is 0 Å². The number of hydrogen-bond donors (Lipinski definition) is 0. The van der Waals surface area contributed by atoms with E-state index in [4.69, 9.17) is 16.7 Å². The maximum atomic E-state index is 14.7. The van der Waals surface area contributed by atoms with Gasteiger partial charge in [-0.1, -0.05) is 72.3 Å². The van der Waals surface area contributed by atoms with Gasteiger partial charge in [-0.2, -0.15) is 5.10 Å². The quantitative estimate of drug-likeness (QED) is 0.130. The topological polar surface area (TPSA) is 110 Å². The first-order valence-corrected chi connectivity index (χ1v) is 13.4. The molecule has 0 amide bonds. The van der Waals surface area contributed by atoms with Crippen LogP contribution in [0.1, 0.15) is 59.7 Å². The molecule has 8 nitrogen and oxygen atoms in total. The molecule has 1 aliphatic carbocycles. The van der Waals surface area contributed by atoms with E-state index in [-0.39, 0.29) is 22.6 Å². The molecule has 2 heterocycles. The molecule has 1 saturated heterocycles. The van der Waals surface area contributed by atoms with E-state index in [0.29, 0.717) is 21.7 Å². The number of Topliss-reactive ketones (excluding diaryl/α,β-unsaturated/α-hetero) is 3. The lowest BCUT2D eigenvalue weighted by atomic mass is 9.63. The first-order chi connectivity index (χ1) is 19.8. The summed E-state index contributed by atoms with van der Waals surface area (Å²) >= 11 is 6.11. The van der Waals surface area contributed by atoms with Gasteiger partial charge in [-0.05, 0) is 41.0 Å². The smallest absolute Gasteiger partial charge is 0.269 e. The van der Waals surface area contributed by atoms with Crippen LogP contribution in [0.15, 0.2) is 102 Å². The van der Waals surface area contributed by atoms with Gasteiger partial charge in [0.25, 0.3) is 5.69 Å². The Morgan fingerprint density at radius 2 is 1.46 bits per heavy atom. The van der Waals surface area contributed by atoms with E-state index in [9.17, 15) is 24.5 Å². The number of nitro groups is 1. The van der Waals surface area contributed by atoms with Crippen molar-refractivity contribution >= 4 is 40.9 Å². The SMILES string of the molecule is O=C(c1ccc(Cl)cc1)C1C(c2ccc([N+](=O)[O-])cc2)C2(C(=O)c3ccccc3C2=O)C2c3ccccc3C=NN12. The fraction of sp³-hybridized carbons (Fsp3) is 0.125. The zero-order chi connectivity index (χ0) is 28.5. The molecule has 4 aromatic carbocycles. The van der Waals surface area contributed by atoms with Crippen molar-refractivity contribution in [3.8, 4) is 0 Å². The number of hydrazone groups is 1. The molecule has 200 valence electrons. The van der Waals surface area contributed by atoms with E-state index >= 15 is 0 Å². The van der Waals surface area contributed by atoms with E-state index in [1.54, 1.807) is 59.8 Å². The van der Waals surface area contributed by atoms with Crippen LogP contribution in [0.25, 0.3) is 0 Å². The average Bonchev–Trinajstić information content (AvgIpc) is 3.43. The predicted octanol–water partition coefficient (Wildman–Crippen LogP) is 6.05. The third-order valence-electron chi connectivity index (χ3n) is 8.44. The highest BCUT2D eigenvalue weighted by Crippen LogP contribution is 2.64. The largest absolute Gasteiger partial charge is 0.293 e. The maximum Gasteiger partial charge on any atom is 0.269 e. The Balaban J connectivity index is 1.54. The van der Waals surface area contributed by atoms with E-state index < -0.39 is 39.9 Å². The lowest BCUT2D eigenvalue weighted by Crippen LogP contribution is -2.43. The van der Waals surface area contributed by atoms with E-state index in [1.807, 2.05) is 24.3 Å². The van der Waals surface area contributed by atoms with Gasteiger partial charge in [0.05, 0.1) is 17.2 Å². The van der Waals surface area contributed by atoms with Crippen LogP contribution < -0.4 is 0 Å². The van der Waals surface area contributed by atoms with Gasteiger partial charge in [-0.3, -0.25) is 29.5 Å². The molecular weight excluding hydrogens is 542 g/mol. The first kappa shape index (κ1) is 25.0. The standard InChI is InChI=1S/C32H20ClN3O5/c33-21-13-9-19(10-14-21)28(37)27-26(18-11-15-22(16-12-18)36(40)41)32(30(38)24-7-3-4-8-25(24)31(32)39)29-23-6-2-1-5-20(23)17-34-35(27)29/h1-17,26-27,29H. The minimum absolute atomic E-state index is 0.144. The number of hydrogen-bond acceptors (Lipinski definition) is 7. The monoisotopic (exact) mass is 561 g/mol. The third-order valence-corrected chi connectivity index (χ3v) is 8.69. The molecule has 4 aromatic rings. The van der Waals surface area contributed by atoms with Crippen molar-refractivity contribution in [2.45, 2.75) is 18.0 Å². The van der Waals surface area contributed by atoms with Crippen molar-refractivity contribution < 1.29 is 19.3 Å². The lowest BCUT2D eigenvalue weighted by Gasteiger charge is -2.36. The number of nitro benzene ring substituents is 1. The minimum Gasteiger partial charge on any atom is -0.293 e. The number of ketones is 3. The molecule has 41 heavy (non-hydrogen) atoms. The van der Waals surface area contributed by atoms with Gasteiger partial charge in [0.2, 0.25) is 0 Å². The molecular formula is C32H20ClN3O5. The van der Waals surface area contributed by atoms with Crippen molar-refractivity contribution in [2.75, 3.05) is 0 Å². The first-order valence-electron chi connectivity index (χ1n) is 13.0. The van der Waals surface area contributed by atoms with Crippen molar-refractivity contribution in [3.05, 3.63) is 146 Å². The second kappa shape index (κ2) is 9.04. The molecule has 0 radical (unpaired) electrons. The predicted molar refractivity (Wildman–Crippen MR) is 152 cm³/mol. The van der Waals surface area contributed by atoms with E-state index in [2.05, 4.69) is 0 Å². The van der Waals surface area contributed by atoms with E-state index in [0.717, 1.165) is 5.56 Å². The Kier molecular flexibility index (Phi) is 5.52. The Morgan fingerprint density at radius 3 is 2.10 bits per heavy atom. The Bertz CT molecular complexity index is 1780. The van der Waals surface area contributed by atoms with Crippen molar-refractivity contribution in [1.29, 1.82) is 0 Å². The summed E-state index contributed by atoms with van der Waals surface area (Å²) in [6.07, 6.45) is 1.64. The highest BCUT2D eigenvalue weighted by Gasteiger charge is 2.72. The van der Waals surface area contributed by atoms with Gasteiger partial charge in [0.1, 0.15) is 11.5 Å². The molecule has 3 atom stereocenters. The summed E-state index contributed by atoms with van der Waals surface area (Å²) in [5.74, 6) is -2.14. The van der Waals surface area contributed by atoms with Crippen LogP contribution in [0.5, 0.6) is 0 Å². The summed E-state index contributed by atoms with van der Waals surface area (Å²) in [5.41, 5.74) is 0.926.